The molecule has 4 aromatic rings. The number of alkyl carbamates (subject to hydrolysis) is 1. The molecule has 0 aliphatic carbocycles. The van der Waals surface area contributed by atoms with Gasteiger partial charge in [-0.2, -0.15) is 5.10 Å². The number of amides is 1. The van der Waals surface area contributed by atoms with E-state index in [2.05, 4.69) is 33.7 Å². The van der Waals surface area contributed by atoms with Gasteiger partial charge in [-0.05, 0) is 60.1 Å². The molecule has 0 saturated carbocycles. The summed E-state index contributed by atoms with van der Waals surface area (Å²) in [4.78, 5) is 16.7. The predicted octanol–water partition coefficient (Wildman–Crippen LogP) is 5.03. The lowest BCUT2D eigenvalue weighted by Crippen LogP contribution is -2.24. The van der Waals surface area contributed by atoms with E-state index in [1.807, 2.05) is 53.9 Å². The average Bonchev–Trinajstić information content (AvgIpc) is 3.32. The maximum Gasteiger partial charge on any atom is 0.407 e. The Kier molecular flexibility index (Phi) is 6.53. The van der Waals surface area contributed by atoms with Crippen LogP contribution in [0.4, 0.5) is 4.79 Å². The van der Waals surface area contributed by atoms with Crippen molar-refractivity contribution in [2.45, 2.75) is 38.8 Å². The van der Waals surface area contributed by atoms with Gasteiger partial charge in [0, 0.05) is 31.5 Å². The second-order valence-corrected chi connectivity index (χ2v) is 8.66. The van der Waals surface area contributed by atoms with Crippen LogP contribution in [0.25, 0.3) is 16.8 Å². The van der Waals surface area contributed by atoms with Gasteiger partial charge in [0.25, 0.3) is 0 Å². The van der Waals surface area contributed by atoms with E-state index in [1.165, 1.54) is 5.56 Å². The second-order valence-electron chi connectivity index (χ2n) is 8.66. The fraction of sp³-hybridized carbons (Fsp3) is 0.296. The maximum atomic E-state index is 12.1. The van der Waals surface area contributed by atoms with Gasteiger partial charge in [0.1, 0.15) is 12.9 Å². The third kappa shape index (κ3) is 4.94. The van der Waals surface area contributed by atoms with Gasteiger partial charge in [-0.3, -0.25) is 0 Å². The average molecular weight is 457 g/mol. The highest BCUT2D eigenvalue weighted by Gasteiger charge is 2.19. The fourth-order valence-electron chi connectivity index (χ4n) is 4.41. The molecule has 0 bridgehead atoms. The van der Waals surface area contributed by atoms with Gasteiger partial charge in [-0.25, -0.2) is 14.3 Å². The van der Waals surface area contributed by atoms with Crippen molar-refractivity contribution in [3.05, 3.63) is 89.4 Å². The minimum atomic E-state index is -0.432. The molecule has 1 saturated heterocycles. The van der Waals surface area contributed by atoms with E-state index in [0.29, 0.717) is 12.5 Å². The molecular formula is C27H28N4O3. The van der Waals surface area contributed by atoms with Crippen LogP contribution in [0.5, 0.6) is 0 Å². The van der Waals surface area contributed by atoms with Crippen molar-refractivity contribution >= 4 is 11.6 Å². The number of rotatable bonds is 6. The summed E-state index contributed by atoms with van der Waals surface area (Å²) in [5, 5.41) is 7.26. The SMILES string of the molecule is Cc1cc(-c2ncnn3cc(C4CCOCC4)cc23)ccc1CNC(=O)OCc1ccccc1. The largest absolute Gasteiger partial charge is 0.445 e. The smallest absolute Gasteiger partial charge is 0.407 e. The van der Waals surface area contributed by atoms with Crippen LogP contribution >= 0.6 is 0 Å². The van der Waals surface area contributed by atoms with E-state index in [4.69, 9.17) is 9.47 Å². The van der Waals surface area contributed by atoms with Crippen LogP contribution in [0, 0.1) is 6.92 Å². The Hall–Kier alpha value is -3.71. The van der Waals surface area contributed by atoms with Crippen LogP contribution < -0.4 is 5.32 Å². The molecule has 1 aliphatic heterocycles. The monoisotopic (exact) mass is 456 g/mol. The lowest BCUT2D eigenvalue weighted by atomic mass is 9.94. The lowest BCUT2D eigenvalue weighted by Gasteiger charge is -2.20. The molecule has 1 aliphatic rings. The third-order valence-corrected chi connectivity index (χ3v) is 6.37. The van der Waals surface area contributed by atoms with Crippen molar-refractivity contribution in [1.29, 1.82) is 0 Å². The van der Waals surface area contributed by atoms with Crippen LogP contribution in [0.15, 0.2) is 67.1 Å². The molecule has 0 atom stereocenters. The standard InChI is InChI=1S/C27H28N4O3/c1-19-13-22(7-8-23(19)15-28-27(32)34-17-20-5-3-2-4-6-20)26-25-14-24(16-31(25)30-18-29-26)21-9-11-33-12-10-21/h2-8,13-14,16,18,21H,9-12,15,17H2,1H3,(H,28,32). The predicted molar refractivity (Wildman–Crippen MR) is 129 cm³/mol. The summed E-state index contributed by atoms with van der Waals surface area (Å²) >= 11 is 0. The summed E-state index contributed by atoms with van der Waals surface area (Å²) in [5.74, 6) is 0.500. The molecule has 3 heterocycles. The van der Waals surface area contributed by atoms with Gasteiger partial charge in [0.05, 0.1) is 11.2 Å². The molecule has 1 amide bonds. The highest BCUT2D eigenvalue weighted by Crippen LogP contribution is 2.31. The quantitative estimate of drug-likeness (QED) is 0.441. The van der Waals surface area contributed by atoms with E-state index < -0.39 is 6.09 Å². The molecule has 174 valence electrons. The number of carbonyl (C=O) groups excluding carboxylic acids is 1. The summed E-state index contributed by atoms with van der Waals surface area (Å²) < 4.78 is 12.7. The highest BCUT2D eigenvalue weighted by atomic mass is 16.5. The number of hydrogen-bond donors (Lipinski definition) is 1. The van der Waals surface area contributed by atoms with Gasteiger partial charge < -0.3 is 14.8 Å². The van der Waals surface area contributed by atoms with Crippen LogP contribution in [0.3, 0.4) is 0 Å². The van der Waals surface area contributed by atoms with Crippen molar-refractivity contribution in [2.75, 3.05) is 13.2 Å². The number of carbonyl (C=O) groups is 1. The van der Waals surface area contributed by atoms with Crippen molar-refractivity contribution in [3.63, 3.8) is 0 Å². The lowest BCUT2D eigenvalue weighted by molar-refractivity contribution is 0.0853. The Bertz CT molecular complexity index is 1280. The van der Waals surface area contributed by atoms with Gasteiger partial charge >= 0.3 is 6.09 Å². The first-order chi connectivity index (χ1) is 16.7. The van der Waals surface area contributed by atoms with Crippen molar-refractivity contribution in [2.24, 2.45) is 0 Å². The van der Waals surface area contributed by atoms with Crippen molar-refractivity contribution in [1.82, 2.24) is 19.9 Å². The van der Waals surface area contributed by atoms with Crippen LogP contribution in [0.1, 0.15) is 41.0 Å². The number of ether oxygens (including phenoxy) is 2. The summed E-state index contributed by atoms with van der Waals surface area (Å²) in [6.45, 7) is 4.31. The Labute approximate surface area is 198 Å². The highest BCUT2D eigenvalue weighted by molar-refractivity contribution is 5.77. The molecule has 0 spiro atoms. The van der Waals surface area contributed by atoms with E-state index in [9.17, 15) is 4.79 Å². The van der Waals surface area contributed by atoms with E-state index >= 15 is 0 Å². The molecule has 34 heavy (non-hydrogen) atoms. The van der Waals surface area contributed by atoms with Gasteiger partial charge in [-0.15, -0.1) is 0 Å². The molecule has 7 nitrogen and oxygen atoms in total. The van der Waals surface area contributed by atoms with Crippen LogP contribution in [-0.4, -0.2) is 33.9 Å². The molecule has 5 rings (SSSR count). The molecule has 7 heteroatoms. The van der Waals surface area contributed by atoms with Crippen LogP contribution in [-0.2, 0) is 22.6 Å². The van der Waals surface area contributed by atoms with Crippen molar-refractivity contribution in [3.8, 4) is 11.3 Å². The fourth-order valence-corrected chi connectivity index (χ4v) is 4.41. The first kappa shape index (κ1) is 22.1. The third-order valence-electron chi connectivity index (χ3n) is 6.37. The minimum Gasteiger partial charge on any atom is -0.445 e. The zero-order valence-electron chi connectivity index (χ0n) is 19.2. The summed E-state index contributed by atoms with van der Waals surface area (Å²) in [7, 11) is 0. The first-order valence-electron chi connectivity index (χ1n) is 11.6. The molecule has 1 N–H and O–H groups in total. The molecule has 2 aromatic heterocycles. The summed E-state index contributed by atoms with van der Waals surface area (Å²) in [6, 6.07) is 18.0. The normalized spacial score (nSPS) is 14.3. The topological polar surface area (TPSA) is 77.8 Å². The molecule has 1 fully saturated rings. The zero-order valence-corrected chi connectivity index (χ0v) is 19.2. The van der Waals surface area contributed by atoms with Gasteiger partial charge in [0.15, 0.2) is 0 Å². The summed E-state index contributed by atoms with van der Waals surface area (Å²) in [5.41, 5.74) is 7.28. The Morgan fingerprint density at radius 3 is 2.76 bits per heavy atom. The maximum absolute atomic E-state index is 12.1. The second kappa shape index (κ2) is 10.1. The molecule has 0 radical (unpaired) electrons. The number of aryl methyl sites for hydroxylation is 1. The number of aromatic nitrogens is 3. The Morgan fingerprint density at radius 1 is 1.15 bits per heavy atom. The number of nitrogens with zero attached hydrogens (tertiary/aromatic N) is 3. The Balaban J connectivity index is 1.27. The molecule has 0 unspecified atom stereocenters. The number of hydrogen-bond acceptors (Lipinski definition) is 5. The van der Waals surface area contributed by atoms with Crippen molar-refractivity contribution < 1.29 is 14.3 Å². The first-order valence-corrected chi connectivity index (χ1v) is 11.6. The number of nitrogens with one attached hydrogen (secondary N) is 1. The zero-order chi connectivity index (χ0) is 23.3. The van der Waals surface area contributed by atoms with E-state index in [0.717, 1.165) is 59.5 Å². The molecular weight excluding hydrogens is 428 g/mol. The molecule has 2 aromatic carbocycles. The van der Waals surface area contributed by atoms with Gasteiger partial charge in [0.2, 0.25) is 0 Å². The van der Waals surface area contributed by atoms with E-state index in [1.54, 1.807) is 6.33 Å². The summed E-state index contributed by atoms with van der Waals surface area (Å²) in [6.07, 6.45) is 5.35. The van der Waals surface area contributed by atoms with Crippen LogP contribution in [0.2, 0.25) is 0 Å². The number of fused-ring (bicyclic) bond motifs is 1. The number of benzene rings is 2. The Morgan fingerprint density at radius 2 is 1.97 bits per heavy atom. The minimum absolute atomic E-state index is 0.251. The van der Waals surface area contributed by atoms with Gasteiger partial charge in [-0.1, -0.05) is 42.5 Å². The van der Waals surface area contributed by atoms with E-state index in [-0.39, 0.29) is 6.61 Å².